The Kier molecular flexibility index (Phi) is 6.09. The van der Waals surface area contributed by atoms with Crippen LogP contribution < -0.4 is 4.74 Å². The molecule has 2 aliphatic rings. The molecule has 0 atom stereocenters. The summed E-state index contributed by atoms with van der Waals surface area (Å²) in [6, 6.07) is 7.78. The van der Waals surface area contributed by atoms with Gasteiger partial charge in [-0.25, -0.2) is 8.78 Å². The van der Waals surface area contributed by atoms with Crippen molar-refractivity contribution in [2.75, 3.05) is 0 Å². The first kappa shape index (κ1) is 21.8. The van der Waals surface area contributed by atoms with Crippen LogP contribution in [-0.4, -0.2) is 6.36 Å². The Balaban J connectivity index is 1.52. The van der Waals surface area contributed by atoms with Crippen LogP contribution in [0.1, 0.15) is 67.2 Å². The summed E-state index contributed by atoms with van der Waals surface area (Å²) in [6.45, 7) is 2.21. The molecule has 0 aliphatic heterocycles. The van der Waals surface area contributed by atoms with Crippen LogP contribution in [0.5, 0.6) is 5.75 Å². The summed E-state index contributed by atoms with van der Waals surface area (Å²) in [5.41, 5.74) is 2.91. The van der Waals surface area contributed by atoms with Crippen LogP contribution >= 0.6 is 0 Å². The predicted molar refractivity (Wildman–Crippen MR) is 110 cm³/mol. The molecule has 1 nitrogen and oxygen atoms in total. The Labute approximate surface area is 178 Å². The molecule has 2 aromatic rings. The Morgan fingerprint density at radius 2 is 1.74 bits per heavy atom. The van der Waals surface area contributed by atoms with Gasteiger partial charge >= 0.3 is 6.36 Å². The van der Waals surface area contributed by atoms with E-state index in [2.05, 4.69) is 11.7 Å². The van der Waals surface area contributed by atoms with Crippen molar-refractivity contribution in [2.24, 2.45) is 5.92 Å². The number of ether oxygens (including phenoxy) is 1. The van der Waals surface area contributed by atoms with Crippen LogP contribution in [0.4, 0.5) is 22.0 Å². The van der Waals surface area contributed by atoms with Gasteiger partial charge in [0.1, 0.15) is 5.82 Å². The van der Waals surface area contributed by atoms with E-state index in [0.717, 1.165) is 36.0 Å². The van der Waals surface area contributed by atoms with Crippen LogP contribution in [0.3, 0.4) is 0 Å². The molecule has 0 unspecified atom stereocenters. The molecule has 4 rings (SSSR count). The van der Waals surface area contributed by atoms with Gasteiger partial charge in [-0.3, -0.25) is 0 Å². The van der Waals surface area contributed by atoms with E-state index < -0.39 is 17.9 Å². The van der Waals surface area contributed by atoms with E-state index in [4.69, 9.17) is 0 Å². The van der Waals surface area contributed by atoms with Gasteiger partial charge in [-0.05, 0) is 84.8 Å². The summed E-state index contributed by atoms with van der Waals surface area (Å²) in [6.07, 6.45) is 2.79. The number of halogens is 5. The fourth-order valence-electron chi connectivity index (χ4n) is 4.89. The molecule has 2 aromatic carbocycles. The lowest BCUT2D eigenvalue weighted by molar-refractivity contribution is -0.275. The van der Waals surface area contributed by atoms with Crippen molar-refractivity contribution < 1.29 is 26.7 Å². The maximum Gasteiger partial charge on any atom is 0.573 e. The molecule has 0 amide bonds. The molecule has 0 bridgehead atoms. The van der Waals surface area contributed by atoms with E-state index in [-0.39, 0.29) is 24.2 Å². The minimum absolute atomic E-state index is 0.0911. The molecule has 1 saturated carbocycles. The topological polar surface area (TPSA) is 9.23 Å². The van der Waals surface area contributed by atoms with E-state index >= 15 is 0 Å². The predicted octanol–water partition coefficient (Wildman–Crippen LogP) is 7.73. The number of hydrogen-bond acceptors (Lipinski definition) is 1. The van der Waals surface area contributed by atoms with Gasteiger partial charge in [-0.15, -0.1) is 13.2 Å². The first-order valence-electron chi connectivity index (χ1n) is 10.8. The van der Waals surface area contributed by atoms with Crippen molar-refractivity contribution in [3.63, 3.8) is 0 Å². The third-order valence-corrected chi connectivity index (χ3v) is 6.70. The summed E-state index contributed by atoms with van der Waals surface area (Å²) < 4.78 is 70.5. The van der Waals surface area contributed by atoms with Gasteiger partial charge in [0.2, 0.25) is 0 Å². The van der Waals surface area contributed by atoms with Crippen molar-refractivity contribution in [3.05, 3.63) is 70.3 Å². The Hall–Kier alpha value is -2.37. The Morgan fingerprint density at radius 1 is 1.00 bits per heavy atom. The van der Waals surface area contributed by atoms with Gasteiger partial charge in [0.25, 0.3) is 0 Å². The maximum absolute atomic E-state index is 15.0. The highest BCUT2D eigenvalue weighted by Crippen LogP contribution is 2.39. The molecule has 166 valence electrons. The number of benzene rings is 2. The monoisotopic (exact) mass is 436 g/mol. The van der Waals surface area contributed by atoms with Crippen molar-refractivity contribution in [1.29, 1.82) is 0 Å². The number of rotatable bonds is 4. The molecule has 0 saturated heterocycles. The van der Waals surface area contributed by atoms with Crippen LogP contribution in [0, 0.1) is 17.6 Å². The third-order valence-electron chi connectivity index (χ3n) is 6.70. The second-order valence-corrected chi connectivity index (χ2v) is 8.54. The zero-order chi connectivity index (χ0) is 22.2. The molecule has 31 heavy (non-hydrogen) atoms. The Bertz CT molecular complexity index is 984. The van der Waals surface area contributed by atoms with E-state index in [1.807, 2.05) is 6.07 Å². The average molecular weight is 436 g/mol. The standard InChI is InChI=1S/C25H25F5O/c1-2-15-3-5-16(6-4-15)17-7-10-20(22(26)14-17)18-8-11-21-19(13-18)9-12-23(24(21)27)31-25(28,29)30/h7-10,12,14-16H,2-6,11,13H2,1H3. The van der Waals surface area contributed by atoms with Gasteiger partial charge in [0.05, 0.1) is 0 Å². The highest BCUT2D eigenvalue weighted by molar-refractivity contribution is 5.71. The van der Waals surface area contributed by atoms with Crippen molar-refractivity contribution >= 4 is 5.57 Å². The zero-order valence-corrected chi connectivity index (χ0v) is 17.4. The van der Waals surface area contributed by atoms with E-state index in [1.54, 1.807) is 18.2 Å². The molecule has 1 fully saturated rings. The summed E-state index contributed by atoms with van der Waals surface area (Å²) in [7, 11) is 0. The van der Waals surface area contributed by atoms with Crippen molar-refractivity contribution in [3.8, 4) is 5.75 Å². The van der Waals surface area contributed by atoms with Crippen molar-refractivity contribution in [1.82, 2.24) is 0 Å². The summed E-state index contributed by atoms with van der Waals surface area (Å²) in [4.78, 5) is 0. The molecule has 0 radical (unpaired) electrons. The third kappa shape index (κ3) is 4.78. The lowest BCUT2D eigenvalue weighted by atomic mass is 9.77. The average Bonchev–Trinajstić information content (AvgIpc) is 2.75. The van der Waals surface area contributed by atoms with Gasteiger partial charge < -0.3 is 4.74 Å². The first-order chi connectivity index (χ1) is 14.7. The molecule has 0 aromatic heterocycles. The lowest BCUT2D eigenvalue weighted by Crippen LogP contribution is -2.19. The molecule has 2 aliphatic carbocycles. The lowest BCUT2D eigenvalue weighted by Gasteiger charge is -2.28. The largest absolute Gasteiger partial charge is 0.573 e. The highest BCUT2D eigenvalue weighted by atomic mass is 19.4. The summed E-state index contributed by atoms with van der Waals surface area (Å²) in [5, 5.41) is 0. The second-order valence-electron chi connectivity index (χ2n) is 8.54. The summed E-state index contributed by atoms with van der Waals surface area (Å²) in [5.74, 6) is -0.994. The quantitative estimate of drug-likeness (QED) is 0.446. The normalized spacial score (nSPS) is 21.4. The van der Waals surface area contributed by atoms with Crippen molar-refractivity contribution in [2.45, 2.75) is 64.1 Å². The van der Waals surface area contributed by atoms with Gasteiger partial charge in [-0.1, -0.05) is 37.6 Å². The van der Waals surface area contributed by atoms with Gasteiger partial charge in [-0.2, -0.15) is 0 Å². The van der Waals surface area contributed by atoms with Crippen LogP contribution in [0.2, 0.25) is 0 Å². The number of allylic oxidation sites excluding steroid dienone is 2. The number of alkyl halides is 3. The molecular weight excluding hydrogens is 411 g/mol. The first-order valence-corrected chi connectivity index (χ1v) is 10.8. The number of fused-ring (bicyclic) bond motifs is 1. The van der Waals surface area contributed by atoms with Crippen LogP contribution in [-0.2, 0) is 12.8 Å². The van der Waals surface area contributed by atoms with E-state index in [9.17, 15) is 22.0 Å². The van der Waals surface area contributed by atoms with Gasteiger partial charge in [0, 0.05) is 5.56 Å². The molecule has 6 heteroatoms. The maximum atomic E-state index is 15.0. The minimum Gasteiger partial charge on any atom is -0.403 e. The van der Waals surface area contributed by atoms with E-state index in [0.29, 0.717) is 17.0 Å². The SMILES string of the molecule is CCC1CCC(c2ccc(C3=CCc4c(ccc(OC(F)(F)F)c4F)C3)c(F)c2)CC1. The van der Waals surface area contributed by atoms with Crippen LogP contribution in [0.25, 0.3) is 5.57 Å². The van der Waals surface area contributed by atoms with E-state index in [1.165, 1.54) is 25.3 Å². The smallest absolute Gasteiger partial charge is 0.403 e. The molecule has 0 spiro atoms. The highest BCUT2D eigenvalue weighted by Gasteiger charge is 2.33. The second kappa shape index (κ2) is 8.64. The fourth-order valence-corrected chi connectivity index (χ4v) is 4.89. The number of hydrogen-bond donors (Lipinski definition) is 0. The van der Waals surface area contributed by atoms with Crippen LogP contribution in [0.15, 0.2) is 36.4 Å². The molecular formula is C25H25F5O. The fraction of sp³-hybridized carbons (Fsp3) is 0.440. The zero-order valence-electron chi connectivity index (χ0n) is 17.4. The van der Waals surface area contributed by atoms with Gasteiger partial charge in [0.15, 0.2) is 11.6 Å². The Morgan fingerprint density at radius 3 is 2.39 bits per heavy atom. The summed E-state index contributed by atoms with van der Waals surface area (Å²) >= 11 is 0. The molecule has 0 heterocycles. The minimum atomic E-state index is -4.95. The molecule has 0 N–H and O–H groups in total.